The summed E-state index contributed by atoms with van der Waals surface area (Å²) in [5.41, 5.74) is -0.699. The maximum absolute atomic E-state index is 13.4. The first kappa shape index (κ1) is 16.8. The van der Waals surface area contributed by atoms with E-state index in [4.69, 9.17) is 11.6 Å². The molecule has 0 bridgehead atoms. The van der Waals surface area contributed by atoms with Gasteiger partial charge in [0.1, 0.15) is 5.69 Å². The molecule has 2 aromatic rings. The van der Waals surface area contributed by atoms with E-state index < -0.39 is 41.6 Å². The van der Waals surface area contributed by atoms with Crippen LogP contribution in [0.2, 0.25) is 5.02 Å². The van der Waals surface area contributed by atoms with Crippen molar-refractivity contribution >= 4 is 29.2 Å². The molecule has 0 aliphatic rings. The van der Waals surface area contributed by atoms with E-state index in [1.807, 2.05) is 5.32 Å². The van der Waals surface area contributed by atoms with Gasteiger partial charge in [-0.25, -0.2) is 22.9 Å². The summed E-state index contributed by atoms with van der Waals surface area (Å²) < 4.78 is 43.8. The van der Waals surface area contributed by atoms with Crippen molar-refractivity contribution in [1.82, 2.24) is 4.98 Å². The van der Waals surface area contributed by atoms with Crippen LogP contribution < -0.4 is 5.32 Å². The number of rotatable bonds is 4. The molecule has 0 aliphatic carbocycles. The number of carbonyl (C=O) groups excluding carboxylic acids is 2. The second-order valence-electron chi connectivity index (χ2n) is 4.21. The highest BCUT2D eigenvalue weighted by Crippen LogP contribution is 2.19. The standard InChI is InChI=1S/C14H8ClF3N2O3/c15-7-3-4-19-10(5-7)14(22)23-6-11(21)20-9-2-1-8(16)12(17)13(9)18/h1-5H,6H2,(H,20,21). The third-order valence-electron chi connectivity index (χ3n) is 2.57. The summed E-state index contributed by atoms with van der Waals surface area (Å²) >= 11 is 5.67. The predicted octanol–water partition coefficient (Wildman–Crippen LogP) is 2.95. The van der Waals surface area contributed by atoms with E-state index in [0.29, 0.717) is 6.07 Å². The van der Waals surface area contributed by atoms with Crippen LogP contribution in [-0.2, 0) is 9.53 Å². The monoisotopic (exact) mass is 344 g/mol. The van der Waals surface area contributed by atoms with Gasteiger partial charge in [0.15, 0.2) is 24.1 Å². The molecule has 120 valence electrons. The van der Waals surface area contributed by atoms with Crippen LogP contribution in [0.25, 0.3) is 0 Å². The van der Waals surface area contributed by atoms with Gasteiger partial charge >= 0.3 is 5.97 Å². The lowest BCUT2D eigenvalue weighted by Gasteiger charge is -2.08. The Hall–Kier alpha value is -2.61. The Bertz CT molecular complexity index is 771. The van der Waals surface area contributed by atoms with E-state index in [1.54, 1.807) is 0 Å². The molecule has 0 fully saturated rings. The molecule has 0 saturated heterocycles. The van der Waals surface area contributed by atoms with E-state index >= 15 is 0 Å². The third kappa shape index (κ3) is 4.19. The lowest BCUT2D eigenvalue weighted by Crippen LogP contribution is -2.22. The van der Waals surface area contributed by atoms with Gasteiger partial charge in [-0.1, -0.05) is 11.6 Å². The molecule has 0 unspecified atom stereocenters. The van der Waals surface area contributed by atoms with Gasteiger partial charge in [0, 0.05) is 11.2 Å². The summed E-state index contributed by atoms with van der Waals surface area (Å²) in [6.45, 7) is -0.772. The molecule has 0 saturated carbocycles. The second kappa shape index (κ2) is 7.10. The normalized spacial score (nSPS) is 10.3. The zero-order valence-corrected chi connectivity index (χ0v) is 12.0. The van der Waals surface area contributed by atoms with Crippen molar-refractivity contribution in [3.8, 4) is 0 Å². The number of hydrogen-bond acceptors (Lipinski definition) is 4. The van der Waals surface area contributed by atoms with E-state index in [2.05, 4.69) is 9.72 Å². The maximum atomic E-state index is 13.4. The van der Waals surface area contributed by atoms with Crippen molar-refractivity contribution in [2.45, 2.75) is 0 Å². The number of carbonyl (C=O) groups is 2. The van der Waals surface area contributed by atoms with Gasteiger partial charge in [0.25, 0.3) is 5.91 Å². The molecule has 9 heteroatoms. The highest BCUT2D eigenvalue weighted by atomic mass is 35.5. The zero-order valence-electron chi connectivity index (χ0n) is 11.3. The molecule has 23 heavy (non-hydrogen) atoms. The number of hydrogen-bond donors (Lipinski definition) is 1. The van der Waals surface area contributed by atoms with Gasteiger partial charge in [0.2, 0.25) is 0 Å². The minimum absolute atomic E-state index is 0.121. The van der Waals surface area contributed by atoms with E-state index in [-0.39, 0.29) is 10.7 Å². The fraction of sp³-hybridized carbons (Fsp3) is 0.0714. The lowest BCUT2D eigenvalue weighted by molar-refractivity contribution is -0.119. The molecule has 1 aromatic heterocycles. The summed E-state index contributed by atoms with van der Waals surface area (Å²) in [6.07, 6.45) is 1.27. The molecule has 0 spiro atoms. The highest BCUT2D eigenvalue weighted by Gasteiger charge is 2.17. The van der Waals surface area contributed by atoms with E-state index in [0.717, 1.165) is 6.07 Å². The number of aromatic nitrogens is 1. The zero-order chi connectivity index (χ0) is 17.0. The van der Waals surface area contributed by atoms with Crippen LogP contribution in [0.5, 0.6) is 0 Å². The Morgan fingerprint density at radius 3 is 2.61 bits per heavy atom. The third-order valence-corrected chi connectivity index (χ3v) is 2.81. The van der Waals surface area contributed by atoms with E-state index in [9.17, 15) is 22.8 Å². The van der Waals surface area contributed by atoms with Crippen molar-refractivity contribution in [2.75, 3.05) is 11.9 Å². The number of pyridine rings is 1. The number of nitrogens with zero attached hydrogens (tertiary/aromatic N) is 1. The Balaban J connectivity index is 1.95. The minimum Gasteiger partial charge on any atom is -0.451 e. The first-order chi connectivity index (χ1) is 10.9. The molecule has 0 atom stereocenters. The molecule has 0 radical (unpaired) electrons. The number of amides is 1. The number of anilines is 1. The summed E-state index contributed by atoms with van der Waals surface area (Å²) in [5, 5.41) is 2.20. The quantitative estimate of drug-likeness (QED) is 0.684. The number of halogens is 4. The first-order valence-corrected chi connectivity index (χ1v) is 6.48. The molecule has 1 N–H and O–H groups in total. The molecular formula is C14H8ClF3N2O3. The average Bonchev–Trinajstić information content (AvgIpc) is 2.53. The average molecular weight is 345 g/mol. The van der Waals surface area contributed by atoms with Crippen molar-refractivity contribution in [3.05, 3.63) is 58.6 Å². The van der Waals surface area contributed by atoms with Crippen molar-refractivity contribution in [3.63, 3.8) is 0 Å². The van der Waals surface area contributed by atoms with E-state index in [1.165, 1.54) is 18.3 Å². The maximum Gasteiger partial charge on any atom is 0.357 e. The summed E-state index contributed by atoms with van der Waals surface area (Å²) in [4.78, 5) is 26.9. The largest absolute Gasteiger partial charge is 0.451 e. The van der Waals surface area contributed by atoms with Crippen LogP contribution in [0.3, 0.4) is 0 Å². The van der Waals surface area contributed by atoms with Crippen LogP contribution >= 0.6 is 11.6 Å². The fourth-order valence-electron chi connectivity index (χ4n) is 1.53. The van der Waals surface area contributed by atoms with Gasteiger partial charge in [-0.2, -0.15) is 0 Å². The van der Waals surface area contributed by atoms with Crippen LogP contribution in [0.4, 0.5) is 18.9 Å². The molecule has 1 heterocycles. The van der Waals surface area contributed by atoms with Crippen LogP contribution in [-0.4, -0.2) is 23.5 Å². The Morgan fingerprint density at radius 2 is 1.91 bits per heavy atom. The summed E-state index contributed by atoms with van der Waals surface area (Å²) in [7, 11) is 0. The van der Waals surface area contributed by atoms with Gasteiger partial charge < -0.3 is 10.1 Å². The summed E-state index contributed by atoms with van der Waals surface area (Å²) in [6, 6.07) is 4.16. The van der Waals surface area contributed by atoms with Gasteiger partial charge in [-0.3, -0.25) is 4.79 Å². The minimum atomic E-state index is -1.72. The topological polar surface area (TPSA) is 68.3 Å². The number of nitrogens with one attached hydrogen (secondary N) is 1. The molecule has 5 nitrogen and oxygen atoms in total. The SMILES string of the molecule is O=C(COC(=O)c1cc(Cl)ccn1)Nc1ccc(F)c(F)c1F. The smallest absolute Gasteiger partial charge is 0.357 e. The molecule has 2 rings (SSSR count). The van der Waals surface area contributed by atoms with Gasteiger partial charge in [0.05, 0.1) is 5.69 Å². The predicted molar refractivity (Wildman–Crippen MR) is 74.5 cm³/mol. The molecule has 1 aromatic carbocycles. The highest BCUT2D eigenvalue weighted by molar-refractivity contribution is 6.30. The second-order valence-corrected chi connectivity index (χ2v) is 4.64. The summed E-state index contributed by atoms with van der Waals surface area (Å²) in [5.74, 6) is -6.53. The molecular weight excluding hydrogens is 337 g/mol. The van der Waals surface area contributed by atoms with Crippen LogP contribution in [0.15, 0.2) is 30.5 Å². The number of benzene rings is 1. The Morgan fingerprint density at radius 1 is 1.17 bits per heavy atom. The van der Waals surface area contributed by atoms with Gasteiger partial charge in [-0.05, 0) is 24.3 Å². The van der Waals surface area contributed by atoms with Crippen molar-refractivity contribution in [2.24, 2.45) is 0 Å². The molecule has 0 aliphatic heterocycles. The van der Waals surface area contributed by atoms with Gasteiger partial charge in [-0.15, -0.1) is 0 Å². The van der Waals surface area contributed by atoms with Crippen molar-refractivity contribution < 1.29 is 27.5 Å². The van der Waals surface area contributed by atoms with Crippen molar-refractivity contribution in [1.29, 1.82) is 0 Å². The fourth-order valence-corrected chi connectivity index (χ4v) is 1.69. The van der Waals surface area contributed by atoms with Crippen LogP contribution in [0, 0.1) is 17.5 Å². The lowest BCUT2D eigenvalue weighted by atomic mass is 10.3. The number of esters is 1. The first-order valence-electron chi connectivity index (χ1n) is 6.10. The van der Waals surface area contributed by atoms with Crippen LogP contribution in [0.1, 0.15) is 10.5 Å². The molecule has 1 amide bonds. The number of ether oxygens (including phenoxy) is 1. The Labute approximate surface area is 133 Å². The Kier molecular flexibility index (Phi) is 5.17.